The molecule has 0 spiro atoms. The number of hydrogen-bond donors (Lipinski definition) is 1. The summed E-state index contributed by atoms with van der Waals surface area (Å²) in [6, 6.07) is 3.21. The first kappa shape index (κ1) is 12.0. The highest BCUT2D eigenvalue weighted by Gasteiger charge is 2.06. The zero-order valence-corrected chi connectivity index (χ0v) is 9.71. The molecule has 15 heavy (non-hydrogen) atoms. The van der Waals surface area contributed by atoms with Gasteiger partial charge in [0.2, 0.25) is 0 Å². The highest BCUT2D eigenvalue weighted by atomic mass is 35.5. The van der Waals surface area contributed by atoms with Crippen molar-refractivity contribution in [3.63, 3.8) is 0 Å². The highest BCUT2D eigenvalue weighted by Crippen LogP contribution is 2.07. The van der Waals surface area contributed by atoms with Gasteiger partial charge in [-0.1, -0.05) is 25.4 Å². The second-order valence-corrected chi connectivity index (χ2v) is 4.23. The lowest BCUT2D eigenvalue weighted by Gasteiger charge is -2.06. The topological polar surface area (TPSA) is 42.0 Å². The molecule has 0 radical (unpaired) electrons. The van der Waals surface area contributed by atoms with Gasteiger partial charge in [-0.15, -0.1) is 0 Å². The molecule has 0 aliphatic carbocycles. The van der Waals surface area contributed by atoms with E-state index in [2.05, 4.69) is 24.1 Å². The normalized spacial score (nSPS) is 10.4. The molecule has 0 fully saturated rings. The molecule has 0 unspecified atom stereocenters. The fourth-order valence-corrected chi connectivity index (χ4v) is 1.25. The largest absolute Gasteiger partial charge is 0.351 e. The number of amides is 1. The van der Waals surface area contributed by atoms with Crippen LogP contribution in [-0.2, 0) is 0 Å². The fraction of sp³-hybridized carbons (Fsp3) is 0.455. The zero-order valence-electron chi connectivity index (χ0n) is 8.96. The Morgan fingerprint density at radius 1 is 1.60 bits per heavy atom. The molecule has 1 aromatic heterocycles. The van der Waals surface area contributed by atoms with Crippen LogP contribution in [0, 0.1) is 5.92 Å². The van der Waals surface area contributed by atoms with Crippen LogP contribution in [0.2, 0.25) is 5.02 Å². The minimum Gasteiger partial charge on any atom is -0.351 e. The van der Waals surface area contributed by atoms with E-state index in [1.54, 1.807) is 12.1 Å². The average Bonchev–Trinajstić information content (AvgIpc) is 2.17. The number of carbonyl (C=O) groups excluding carboxylic acids is 1. The molecule has 1 aromatic rings. The molecule has 1 N–H and O–H groups in total. The fourth-order valence-electron chi connectivity index (χ4n) is 1.09. The quantitative estimate of drug-likeness (QED) is 0.857. The number of carbonyl (C=O) groups is 1. The van der Waals surface area contributed by atoms with E-state index in [0.717, 1.165) is 6.42 Å². The van der Waals surface area contributed by atoms with Crippen LogP contribution in [0.25, 0.3) is 0 Å². The Morgan fingerprint density at radius 3 is 2.93 bits per heavy atom. The van der Waals surface area contributed by atoms with E-state index in [0.29, 0.717) is 23.2 Å². The van der Waals surface area contributed by atoms with Gasteiger partial charge in [-0.2, -0.15) is 0 Å². The van der Waals surface area contributed by atoms with Crippen LogP contribution >= 0.6 is 11.6 Å². The summed E-state index contributed by atoms with van der Waals surface area (Å²) in [4.78, 5) is 15.5. The van der Waals surface area contributed by atoms with Crippen LogP contribution in [-0.4, -0.2) is 17.4 Å². The predicted molar refractivity (Wildman–Crippen MR) is 61.0 cm³/mol. The van der Waals surface area contributed by atoms with Crippen molar-refractivity contribution in [2.45, 2.75) is 20.3 Å². The van der Waals surface area contributed by atoms with Crippen LogP contribution in [0.4, 0.5) is 0 Å². The standard InChI is InChI=1S/C11H15ClN2O/c1-8(2)3-5-14-11(15)10-7-9(12)4-6-13-10/h4,6-8H,3,5H2,1-2H3,(H,14,15). The second kappa shape index (κ2) is 5.71. The smallest absolute Gasteiger partial charge is 0.269 e. The molecule has 0 saturated carbocycles. The summed E-state index contributed by atoms with van der Waals surface area (Å²) in [5, 5.41) is 3.32. The van der Waals surface area contributed by atoms with Crippen LogP contribution < -0.4 is 5.32 Å². The van der Waals surface area contributed by atoms with Gasteiger partial charge >= 0.3 is 0 Å². The first-order valence-electron chi connectivity index (χ1n) is 4.99. The molecule has 1 rings (SSSR count). The van der Waals surface area contributed by atoms with Gasteiger partial charge in [-0.05, 0) is 24.5 Å². The third-order valence-corrected chi connectivity index (χ3v) is 2.20. The maximum absolute atomic E-state index is 11.5. The molecule has 1 amide bonds. The van der Waals surface area contributed by atoms with Crippen molar-refractivity contribution in [3.05, 3.63) is 29.0 Å². The molecule has 0 atom stereocenters. The van der Waals surface area contributed by atoms with Gasteiger partial charge in [0, 0.05) is 17.8 Å². The second-order valence-electron chi connectivity index (χ2n) is 3.80. The van der Waals surface area contributed by atoms with E-state index in [1.807, 2.05) is 0 Å². The molecular formula is C11H15ClN2O. The van der Waals surface area contributed by atoms with E-state index in [9.17, 15) is 4.79 Å². The lowest BCUT2D eigenvalue weighted by atomic mass is 10.1. The molecule has 4 heteroatoms. The summed E-state index contributed by atoms with van der Waals surface area (Å²) < 4.78 is 0. The summed E-state index contributed by atoms with van der Waals surface area (Å²) in [5.74, 6) is 0.413. The van der Waals surface area contributed by atoms with E-state index in [1.165, 1.54) is 6.20 Å². The first-order valence-corrected chi connectivity index (χ1v) is 5.37. The number of nitrogens with one attached hydrogen (secondary N) is 1. The van der Waals surface area contributed by atoms with Gasteiger partial charge < -0.3 is 5.32 Å². The van der Waals surface area contributed by atoms with Crippen LogP contribution in [0.15, 0.2) is 18.3 Å². The number of nitrogens with zero attached hydrogens (tertiary/aromatic N) is 1. The molecule has 82 valence electrons. The van der Waals surface area contributed by atoms with E-state index in [-0.39, 0.29) is 5.91 Å². The van der Waals surface area contributed by atoms with Crippen molar-refractivity contribution in [2.24, 2.45) is 5.92 Å². The molecular weight excluding hydrogens is 212 g/mol. The van der Waals surface area contributed by atoms with Gasteiger partial charge in [0.05, 0.1) is 0 Å². The van der Waals surface area contributed by atoms with Gasteiger partial charge in [0.15, 0.2) is 0 Å². The van der Waals surface area contributed by atoms with Crippen molar-refractivity contribution in [3.8, 4) is 0 Å². The van der Waals surface area contributed by atoms with Crippen LogP contribution in [0.5, 0.6) is 0 Å². The molecule has 1 heterocycles. The maximum Gasteiger partial charge on any atom is 0.269 e. The van der Waals surface area contributed by atoms with E-state index < -0.39 is 0 Å². The van der Waals surface area contributed by atoms with Crippen LogP contribution in [0.1, 0.15) is 30.8 Å². The molecule has 0 aliphatic heterocycles. The Labute approximate surface area is 94.9 Å². The molecule has 0 bridgehead atoms. The summed E-state index contributed by atoms with van der Waals surface area (Å²) in [5.41, 5.74) is 0.367. The molecule has 0 saturated heterocycles. The average molecular weight is 227 g/mol. The number of rotatable bonds is 4. The number of hydrogen-bond acceptors (Lipinski definition) is 2. The van der Waals surface area contributed by atoms with Crippen molar-refractivity contribution >= 4 is 17.5 Å². The van der Waals surface area contributed by atoms with Gasteiger partial charge in [0.1, 0.15) is 5.69 Å². The van der Waals surface area contributed by atoms with Crippen molar-refractivity contribution < 1.29 is 4.79 Å². The van der Waals surface area contributed by atoms with Gasteiger partial charge in [-0.25, -0.2) is 0 Å². The van der Waals surface area contributed by atoms with E-state index in [4.69, 9.17) is 11.6 Å². The highest BCUT2D eigenvalue weighted by molar-refractivity contribution is 6.30. The minimum absolute atomic E-state index is 0.168. The van der Waals surface area contributed by atoms with Gasteiger partial charge in [-0.3, -0.25) is 9.78 Å². The van der Waals surface area contributed by atoms with E-state index >= 15 is 0 Å². The SMILES string of the molecule is CC(C)CCNC(=O)c1cc(Cl)ccn1. The van der Waals surface area contributed by atoms with Crippen molar-refractivity contribution in [1.82, 2.24) is 10.3 Å². The Morgan fingerprint density at radius 2 is 2.33 bits per heavy atom. The van der Waals surface area contributed by atoms with Gasteiger partial charge in [0.25, 0.3) is 5.91 Å². The third kappa shape index (κ3) is 4.30. The lowest BCUT2D eigenvalue weighted by Crippen LogP contribution is -2.26. The predicted octanol–water partition coefficient (Wildman–Crippen LogP) is 2.51. The summed E-state index contributed by atoms with van der Waals surface area (Å²) in [6.45, 7) is 4.90. The van der Waals surface area contributed by atoms with Crippen LogP contribution in [0.3, 0.4) is 0 Å². The Hall–Kier alpha value is -1.09. The maximum atomic E-state index is 11.5. The Bertz CT molecular complexity index is 339. The number of pyridine rings is 1. The minimum atomic E-state index is -0.168. The molecule has 0 aliphatic rings. The number of halogens is 1. The Kier molecular flexibility index (Phi) is 4.56. The Balaban J connectivity index is 2.47. The van der Waals surface area contributed by atoms with Crippen molar-refractivity contribution in [1.29, 1.82) is 0 Å². The summed E-state index contributed by atoms with van der Waals surface area (Å²) in [7, 11) is 0. The van der Waals surface area contributed by atoms with Crippen molar-refractivity contribution in [2.75, 3.05) is 6.54 Å². The number of aromatic nitrogens is 1. The molecule has 3 nitrogen and oxygen atoms in total. The molecule has 0 aromatic carbocycles. The summed E-state index contributed by atoms with van der Waals surface area (Å²) in [6.07, 6.45) is 2.49. The lowest BCUT2D eigenvalue weighted by molar-refractivity contribution is 0.0947. The summed E-state index contributed by atoms with van der Waals surface area (Å²) >= 11 is 5.75. The first-order chi connectivity index (χ1) is 7.09. The third-order valence-electron chi connectivity index (χ3n) is 1.96. The monoisotopic (exact) mass is 226 g/mol. The zero-order chi connectivity index (χ0) is 11.3.